The molecule has 39 heavy (non-hydrogen) atoms. The Morgan fingerprint density at radius 1 is 1.18 bits per heavy atom. The smallest absolute Gasteiger partial charge is 0.411 e. The van der Waals surface area contributed by atoms with Gasteiger partial charge in [-0.2, -0.15) is 0 Å². The van der Waals surface area contributed by atoms with Crippen molar-refractivity contribution < 1.29 is 19.1 Å². The number of ether oxygens (including phenoxy) is 1. The first kappa shape index (κ1) is 26.2. The number of aromatic nitrogens is 3. The molecule has 3 aromatic rings. The number of amides is 4. The van der Waals surface area contributed by atoms with Crippen LogP contribution in [0.4, 0.5) is 21.0 Å². The summed E-state index contributed by atoms with van der Waals surface area (Å²) in [7, 11) is 1.28. The summed E-state index contributed by atoms with van der Waals surface area (Å²) in [5.74, 6) is 0.458. The summed E-state index contributed by atoms with van der Waals surface area (Å²) in [6.07, 6.45) is 8.60. The van der Waals surface area contributed by atoms with Crippen molar-refractivity contribution >= 4 is 41.0 Å². The highest BCUT2D eigenvalue weighted by molar-refractivity contribution is 6.30. The highest BCUT2D eigenvalue weighted by Gasteiger charge is 2.33. The van der Waals surface area contributed by atoms with Crippen LogP contribution < -0.4 is 16.0 Å². The molecule has 1 aromatic carbocycles. The molecule has 2 atom stereocenters. The van der Waals surface area contributed by atoms with Gasteiger partial charge < -0.3 is 25.3 Å². The van der Waals surface area contributed by atoms with Crippen molar-refractivity contribution in [2.45, 2.75) is 37.8 Å². The van der Waals surface area contributed by atoms with Crippen LogP contribution >= 0.6 is 11.6 Å². The van der Waals surface area contributed by atoms with Gasteiger partial charge in [0.15, 0.2) is 0 Å². The fourth-order valence-corrected chi connectivity index (χ4v) is 4.90. The van der Waals surface area contributed by atoms with Gasteiger partial charge in [-0.3, -0.25) is 15.1 Å². The van der Waals surface area contributed by atoms with Gasteiger partial charge in [0, 0.05) is 35.4 Å². The van der Waals surface area contributed by atoms with E-state index in [0.717, 1.165) is 5.69 Å². The molecule has 1 unspecified atom stereocenters. The summed E-state index contributed by atoms with van der Waals surface area (Å²) in [6, 6.07) is 7.82. The third-order valence-corrected chi connectivity index (χ3v) is 6.92. The topological polar surface area (TPSA) is 141 Å². The molecular formula is C27H28ClN7O4. The van der Waals surface area contributed by atoms with Gasteiger partial charge in [-0.1, -0.05) is 23.8 Å². The first-order valence-electron chi connectivity index (χ1n) is 12.6. The van der Waals surface area contributed by atoms with Gasteiger partial charge in [-0.15, -0.1) is 0 Å². The number of methoxy groups -OCH3 is 1. The number of fused-ring (bicyclic) bond motifs is 4. The number of hydrogen-bond acceptors (Lipinski definition) is 6. The molecule has 11 nitrogen and oxygen atoms in total. The van der Waals surface area contributed by atoms with Crippen LogP contribution in [0.25, 0.3) is 11.3 Å². The van der Waals surface area contributed by atoms with Crippen molar-refractivity contribution in [3.05, 3.63) is 71.4 Å². The maximum atomic E-state index is 13.3. The van der Waals surface area contributed by atoms with Gasteiger partial charge in [-0.25, -0.2) is 14.6 Å². The van der Waals surface area contributed by atoms with E-state index in [0.29, 0.717) is 59.3 Å². The van der Waals surface area contributed by atoms with Gasteiger partial charge in [-0.05, 0) is 49.6 Å². The number of anilines is 2. The molecule has 2 aliphatic rings. The number of carbonyl (C=O) groups excluding carboxylic acids is 3. The third kappa shape index (κ3) is 6.04. The molecule has 2 aromatic heterocycles. The van der Waals surface area contributed by atoms with Crippen molar-refractivity contribution in [3.8, 4) is 11.3 Å². The summed E-state index contributed by atoms with van der Waals surface area (Å²) >= 11 is 6.12. The molecule has 4 amide bonds. The molecule has 4 N–H and O–H groups in total. The van der Waals surface area contributed by atoms with Crippen LogP contribution in [0.1, 0.15) is 49.3 Å². The fraction of sp³-hybridized carbons (Fsp3) is 0.296. The van der Waals surface area contributed by atoms with Crippen LogP contribution in [0.15, 0.2) is 54.9 Å². The molecule has 0 radical (unpaired) electrons. The number of hydrogen-bond donors (Lipinski definition) is 4. The quantitative estimate of drug-likeness (QED) is 0.332. The number of carbonyl (C=O) groups is 3. The number of nitrogens with zero attached hydrogens (tertiary/aromatic N) is 3. The van der Waals surface area contributed by atoms with Gasteiger partial charge >= 0.3 is 12.1 Å². The molecule has 2 bridgehead atoms. The SMILES string of the molecule is COC(=O)Nc1ccc2c(c1)NC(=O)CC/C=C/C[C@H](N1CCC(c3cc(Cl)ccn3)NC1=O)c1ncc-2[nH]1. The lowest BCUT2D eigenvalue weighted by Crippen LogP contribution is -2.49. The van der Waals surface area contributed by atoms with Crippen LogP contribution in [0.5, 0.6) is 0 Å². The van der Waals surface area contributed by atoms with Gasteiger partial charge in [0.2, 0.25) is 5.91 Å². The summed E-state index contributed by atoms with van der Waals surface area (Å²) < 4.78 is 4.68. The number of halogens is 1. The van der Waals surface area contributed by atoms with Crippen molar-refractivity contribution in [3.63, 3.8) is 0 Å². The van der Waals surface area contributed by atoms with E-state index >= 15 is 0 Å². The Labute approximate surface area is 230 Å². The fourth-order valence-electron chi connectivity index (χ4n) is 4.73. The lowest BCUT2D eigenvalue weighted by molar-refractivity contribution is -0.116. The van der Waals surface area contributed by atoms with Gasteiger partial charge in [0.1, 0.15) is 5.82 Å². The minimum Gasteiger partial charge on any atom is -0.453 e. The predicted molar refractivity (Wildman–Crippen MR) is 146 cm³/mol. The number of urea groups is 1. The molecule has 0 spiro atoms. The van der Waals surface area contributed by atoms with E-state index in [1.165, 1.54) is 7.11 Å². The van der Waals surface area contributed by atoms with E-state index < -0.39 is 6.09 Å². The van der Waals surface area contributed by atoms with E-state index in [9.17, 15) is 14.4 Å². The average Bonchev–Trinajstić information content (AvgIpc) is 3.40. The molecule has 0 aliphatic carbocycles. The normalized spacial score (nSPS) is 20.3. The second-order valence-electron chi connectivity index (χ2n) is 9.25. The van der Waals surface area contributed by atoms with Gasteiger partial charge in [0.25, 0.3) is 0 Å². The monoisotopic (exact) mass is 549 g/mol. The van der Waals surface area contributed by atoms with Gasteiger partial charge in [0.05, 0.1) is 42.5 Å². The maximum absolute atomic E-state index is 13.3. The first-order chi connectivity index (χ1) is 18.9. The lowest BCUT2D eigenvalue weighted by atomic mass is 10.0. The predicted octanol–water partition coefficient (Wildman–Crippen LogP) is 5.18. The van der Waals surface area contributed by atoms with E-state index in [2.05, 4.69) is 35.6 Å². The third-order valence-electron chi connectivity index (χ3n) is 6.68. The van der Waals surface area contributed by atoms with Crippen molar-refractivity contribution in [2.75, 3.05) is 24.3 Å². The Bertz CT molecular complexity index is 1420. The molecular weight excluding hydrogens is 522 g/mol. The second-order valence-corrected chi connectivity index (χ2v) is 9.69. The molecule has 1 fully saturated rings. The molecule has 5 rings (SSSR count). The first-order valence-corrected chi connectivity index (χ1v) is 13.0. The van der Waals surface area contributed by atoms with Crippen molar-refractivity contribution in [1.29, 1.82) is 0 Å². The number of rotatable bonds is 3. The summed E-state index contributed by atoms with van der Waals surface area (Å²) in [5.41, 5.74) is 3.06. The van der Waals surface area contributed by atoms with Crippen LogP contribution in [0.2, 0.25) is 5.02 Å². The molecule has 1 saturated heterocycles. The average molecular weight is 550 g/mol. The van der Waals surface area contributed by atoms with E-state index in [1.807, 2.05) is 12.2 Å². The number of benzene rings is 1. The maximum Gasteiger partial charge on any atom is 0.411 e. The van der Waals surface area contributed by atoms with E-state index in [-0.39, 0.29) is 30.4 Å². The Morgan fingerprint density at radius 3 is 2.85 bits per heavy atom. The number of pyridine rings is 1. The molecule has 2 aliphatic heterocycles. The van der Waals surface area contributed by atoms with Crippen LogP contribution in [0, 0.1) is 0 Å². The Balaban J connectivity index is 1.43. The van der Waals surface area contributed by atoms with E-state index in [1.54, 1.807) is 47.6 Å². The summed E-state index contributed by atoms with van der Waals surface area (Å²) in [5, 5.41) is 9.17. The van der Waals surface area contributed by atoms with Crippen molar-refractivity contribution in [1.82, 2.24) is 25.2 Å². The number of nitrogens with one attached hydrogen (secondary N) is 4. The molecule has 0 saturated carbocycles. The number of aromatic amines is 1. The Kier molecular flexibility index (Phi) is 7.78. The molecule has 202 valence electrons. The van der Waals surface area contributed by atoms with Crippen LogP contribution in [-0.4, -0.2) is 51.5 Å². The van der Waals surface area contributed by atoms with Crippen LogP contribution in [-0.2, 0) is 9.53 Å². The van der Waals surface area contributed by atoms with Crippen molar-refractivity contribution in [2.24, 2.45) is 0 Å². The standard InChI is InChI=1S/C27H28ClN7O4/c1-39-27(38)31-17-7-8-18-20(14-17)32-24(36)6-4-2-3-5-23(25-30-15-22(18)33-25)35-12-10-19(34-26(35)37)21-13-16(28)9-11-29-21/h2-3,7-9,11,13-15,19,23H,4-6,10,12H2,1H3,(H,30,33)(H,31,38)(H,32,36)(H,34,37)/b3-2+/t19?,23-/m0/s1. The minimum atomic E-state index is -0.615. The molecule has 4 heterocycles. The largest absolute Gasteiger partial charge is 0.453 e. The minimum absolute atomic E-state index is 0.164. The zero-order chi connectivity index (χ0) is 27.4. The second kappa shape index (κ2) is 11.6. The Morgan fingerprint density at radius 2 is 2.05 bits per heavy atom. The summed E-state index contributed by atoms with van der Waals surface area (Å²) in [4.78, 5) is 51.8. The highest BCUT2D eigenvalue weighted by atomic mass is 35.5. The highest BCUT2D eigenvalue weighted by Crippen LogP contribution is 2.34. The van der Waals surface area contributed by atoms with Crippen LogP contribution in [0.3, 0.4) is 0 Å². The zero-order valence-corrected chi connectivity index (χ0v) is 22.0. The lowest BCUT2D eigenvalue weighted by Gasteiger charge is -2.37. The molecule has 12 heteroatoms. The zero-order valence-electron chi connectivity index (χ0n) is 21.2. The summed E-state index contributed by atoms with van der Waals surface area (Å²) in [6.45, 7) is 0.498. The number of allylic oxidation sites excluding steroid dienone is 1. The number of imidazole rings is 1. The Hall–Kier alpha value is -4.38. The number of H-pyrrole nitrogens is 1. The van der Waals surface area contributed by atoms with E-state index in [4.69, 9.17) is 11.6 Å².